The molecule has 0 saturated carbocycles. The van der Waals surface area contributed by atoms with Crippen LogP contribution in [0, 0.1) is 0 Å². The summed E-state index contributed by atoms with van der Waals surface area (Å²) in [5, 5.41) is 9.27. The first kappa shape index (κ1) is 18.3. The normalized spacial score (nSPS) is 12.8. The molecule has 0 aliphatic rings. The summed E-state index contributed by atoms with van der Waals surface area (Å²) in [6.45, 7) is 4.36. The molecule has 0 amide bonds. The first-order valence-corrected chi connectivity index (χ1v) is 4.40. The Balaban J connectivity index is 0. The number of halogens is 7. The minimum absolute atomic E-state index is 1.32. The predicted molar refractivity (Wildman–Crippen MR) is 42.2 cm³/mol. The highest BCUT2D eigenvalue weighted by molar-refractivity contribution is 5.76. The molecule has 1 radical (unpaired) electrons. The molecule has 0 atom stereocenters. The Labute approximate surface area is 92.4 Å². The lowest BCUT2D eigenvalue weighted by molar-refractivity contribution is -0.348. The van der Waals surface area contributed by atoms with Crippen LogP contribution in [0.2, 0.25) is 0 Å². The third-order valence-electron chi connectivity index (χ3n) is 1.51. The summed E-state index contributed by atoms with van der Waals surface area (Å²) in [6.07, 6.45) is -4.00. The maximum absolute atomic E-state index is 11.7. The maximum atomic E-state index is 11.7. The van der Waals surface area contributed by atoms with Gasteiger partial charge >= 0.3 is 24.0 Å². The van der Waals surface area contributed by atoms with Crippen LogP contribution < -0.4 is 0 Å². The van der Waals surface area contributed by atoms with E-state index >= 15 is 0 Å². The standard InChI is InChI=1S/C4F7O2.C4H10/c5-2(6,1(12)13)3(7,8)4(9,10)11;1-3-4-2/h;3-4H2,1-2H3. The number of carbonyl (C=O) groups is 1. The van der Waals surface area contributed by atoms with Gasteiger partial charge in [0.25, 0.3) is 0 Å². The molecule has 0 rings (SSSR count). The van der Waals surface area contributed by atoms with Crippen molar-refractivity contribution in [3.63, 3.8) is 0 Å². The zero-order valence-electron chi connectivity index (χ0n) is 8.88. The Hall–Kier alpha value is -1.02. The van der Waals surface area contributed by atoms with Crippen molar-refractivity contribution in [2.24, 2.45) is 0 Å². The number of hydrogen-bond donors (Lipinski definition) is 0. The third kappa shape index (κ3) is 4.39. The van der Waals surface area contributed by atoms with Gasteiger partial charge in [-0.25, -0.2) is 9.90 Å². The topological polar surface area (TPSA) is 37.0 Å². The highest BCUT2D eigenvalue weighted by Crippen LogP contribution is 2.46. The Bertz CT molecular complexity index is 245. The molecule has 0 fully saturated rings. The van der Waals surface area contributed by atoms with Gasteiger partial charge in [0.15, 0.2) is 0 Å². The van der Waals surface area contributed by atoms with E-state index in [4.69, 9.17) is 0 Å². The van der Waals surface area contributed by atoms with Gasteiger partial charge in [-0.2, -0.15) is 30.7 Å². The van der Waals surface area contributed by atoms with Crippen molar-refractivity contribution < 1.29 is 40.6 Å². The van der Waals surface area contributed by atoms with Gasteiger partial charge in [0.05, 0.1) is 0 Å². The SMILES string of the molecule is CCCC.[O]C(=O)C(F)(F)C(F)(F)C(F)(F)F. The van der Waals surface area contributed by atoms with Gasteiger partial charge in [-0.15, -0.1) is 0 Å². The molecule has 0 aromatic carbocycles. The Morgan fingerprint density at radius 2 is 1.18 bits per heavy atom. The van der Waals surface area contributed by atoms with Gasteiger partial charge < -0.3 is 0 Å². The Kier molecular flexibility index (Phi) is 6.54. The molecule has 17 heavy (non-hydrogen) atoms. The summed E-state index contributed by atoms with van der Waals surface area (Å²) < 4.78 is 80.2. The van der Waals surface area contributed by atoms with E-state index in [1.54, 1.807) is 0 Å². The second-order valence-electron chi connectivity index (χ2n) is 2.93. The largest absolute Gasteiger partial charge is 0.460 e. The molecule has 9 heteroatoms. The molecule has 0 aliphatic heterocycles. The van der Waals surface area contributed by atoms with E-state index in [9.17, 15) is 40.6 Å². The lowest BCUT2D eigenvalue weighted by Crippen LogP contribution is -2.55. The van der Waals surface area contributed by atoms with Crippen LogP contribution in [0.5, 0.6) is 0 Å². The molecule has 0 aromatic heterocycles. The third-order valence-corrected chi connectivity index (χ3v) is 1.51. The van der Waals surface area contributed by atoms with E-state index in [-0.39, 0.29) is 0 Å². The highest BCUT2D eigenvalue weighted by Gasteiger charge is 2.77. The minimum atomic E-state index is -6.64. The van der Waals surface area contributed by atoms with Gasteiger partial charge in [-0.1, -0.05) is 26.7 Å². The maximum Gasteiger partial charge on any atom is 0.460 e. The van der Waals surface area contributed by atoms with Crippen molar-refractivity contribution in [2.75, 3.05) is 0 Å². The van der Waals surface area contributed by atoms with Crippen LogP contribution in [0.1, 0.15) is 26.7 Å². The van der Waals surface area contributed by atoms with E-state index in [0.29, 0.717) is 0 Å². The average molecular weight is 271 g/mol. The van der Waals surface area contributed by atoms with Crippen LogP contribution in [0.15, 0.2) is 0 Å². The molecular formula is C8H10F7O2. The summed E-state index contributed by atoms with van der Waals surface area (Å²) in [5.74, 6) is -16.7. The second kappa shape index (κ2) is 6.06. The fraction of sp³-hybridized carbons (Fsp3) is 0.875. The zero-order chi connectivity index (χ0) is 14.5. The zero-order valence-corrected chi connectivity index (χ0v) is 8.88. The van der Waals surface area contributed by atoms with Crippen LogP contribution in [0.25, 0.3) is 0 Å². The summed E-state index contributed by atoms with van der Waals surface area (Å²) >= 11 is 0. The second-order valence-corrected chi connectivity index (χ2v) is 2.93. The summed E-state index contributed by atoms with van der Waals surface area (Å²) in [4.78, 5) is 9.27. The predicted octanol–water partition coefficient (Wildman–Crippen LogP) is 3.58. The fourth-order valence-corrected chi connectivity index (χ4v) is 0.306. The van der Waals surface area contributed by atoms with Gasteiger partial charge in [0, 0.05) is 0 Å². The molecule has 0 bridgehead atoms. The van der Waals surface area contributed by atoms with Gasteiger partial charge in [-0.3, -0.25) is 0 Å². The molecule has 0 aromatic rings. The van der Waals surface area contributed by atoms with Crippen LogP contribution >= 0.6 is 0 Å². The number of hydrogen-bond acceptors (Lipinski definition) is 1. The van der Waals surface area contributed by atoms with E-state index in [0.717, 1.165) is 0 Å². The molecule has 0 saturated heterocycles. The monoisotopic (exact) mass is 271 g/mol. The fourth-order valence-electron chi connectivity index (χ4n) is 0.306. The molecule has 0 N–H and O–H groups in total. The van der Waals surface area contributed by atoms with E-state index in [1.165, 1.54) is 12.8 Å². The summed E-state index contributed by atoms with van der Waals surface area (Å²) in [7, 11) is 0. The van der Waals surface area contributed by atoms with E-state index < -0.39 is 24.0 Å². The van der Waals surface area contributed by atoms with E-state index in [2.05, 4.69) is 13.8 Å². The van der Waals surface area contributed by atoms with Crippen LogP contribution in [-0.2, 0) is 9.90 Å². The van der Waals surface area contributed by atoms with Gasteiger partial charge in [0.2, 0.25) is 0 Å². The van der Waals surface area contributed by atoms with Crippen molar-refractivity contribution in [1.29, 1.82) is 0 Å². The Morgan fingerprint density at radius 3 is 1.24 bits per heavy atom. The molecule has 0 heterocycles. The summed E-state index contributed by atoms with van der Waals surface area (Å²) in [5.41, 5.74) is 0. The van der Waals surface area contributed by atoms with Crippen molar-refractivity contribution in [1.82, 2.24) is 0 Å². The summed E-state index contributed by atoms with van der Waals surface area (Å²) in [6, 6.07) is 0. The van der Waals surface area contributed by atoms with Crippen molar-refractivity contribution in [3.8, 4) is 0 Å². The lowest BCUT2D eigenvalue weighted by Gasteiger charge is -2.23. The Morgan fingerprint density at radius 1 is 0.882 bits per heavy atom. The number of unbranched alkanes of at least 4 members (excludes halogenated alkanes) is 1. The average Bonchev–Trinajstić information content (AvgIpc) is 2.16. The van der Waals surface area contributed by atoms with Crippen molar-refractivity contribution >= 4 is 5.97 Å². The quantitative estimate of drug-likeness (QED) is 0.723. The smallest absolute Gasteiger partial charge is 0.240 e. The lowest BCUT2D eigenvalue weighted by atomic mass is 10.1. The van der Waals surface area contributed by atoms with Crippen molar-refractivity contribution in [3.05, 3.63) is 0 Å². The molecule has 2 nitrogen and oxygen atoms in total. The van der Waals surface area contributed by atoms with Crippen molar-refractivity contribution in [2.45, 2.75) is 44.7 Å². The number of rotatable bonds is 3. The van der Waals surface area contributed by atoms with Gasteiger partial charge in [0.1, 0.15) is 0 Å². The minimum Gasteiger partial charge on any atom is -0.240 e. The number of alkyl halides is 7. The van der Waals surface area contributed by atoms with Crippen LogP contribution in [-0.4, -0.2) is 24.0 Å². The molecule has 0 aliphatic carbocycles. The molecule has 0 spiro atoms. The number of carbonyl (C=O) groups excluding carboxylic acids is 1. The highest BCUT2D eigenvalue weighted by atomic mass is 19.4. The van der Waals surface area contributed by atoms with E-state index in [1.807, 2.05) is 0 Å². The first-order chi connectivity index (χ1) is 7.36. The van der Waals surface area contributed by atoms with Crippen LogP contribution in [0.3, 0.4) is 0 Å². The molecule has 0 unspecified atom stereocenters. The van der Waals surface area contributed by atoms with Crippen LogP contribution in [0.4, 0.5) is 30.7 Å². The molecular weight excluding hydrogens is 261 g/mol. The van der Waals surface area contributed by atoms with Gasteiger partial charge in [-0.05, 0) is 0 Å². The first-order valence-electron chi connectivity index (χ1n) is 4.40. The molecule has 103 valence electrons.